The number of alkyl halides is 3. The zero-order valence-corrected chi connectivity index (χ0v) is 9.92. The summed E-state index contributed by atoms with van der Waals surface area (Å²) in [6.45, 7) is 0. The molecule has 0 radical (unpaired) electrons. The Morgan fingerprint density at radius 1 is 1.26 bits per heavy atom. The second kappa shape index (κ2) is 4.19. The van der Waals surface area contributed by atoms with Gasteiger partial charge >= 0.3 is 12.2 Å². The summed E-state index contributed by atoms with van der Waals surface area (Å²) in [4.78, 5) is 3.92. The van der Waals surface area contributed by atoms with E-state index < -0.39 is 11.7 Å². The third kappa shape index (κ3) is 2.36. The Bertz CT molecular complexity index is 707. The van der Waals surface area contributed by atoms with E-state index in [4.69, 9.17) is 4.42 Å². The molecule has 0 atom stereocenters. The van der Waals surface area contributed by atoms with Crippen molar-refractivity contribution >= 4 is 33.6 Å². The van der Waals surface area contributed by atoms with Crippen molar-refractivity contribution in [3.8, 4) is 0 Å². The minimum atomic E-state index is -4.40. The molecule has 0 fully saturated rings. The number of oxazole rings is 1. The van der Waals surface area contributed by atoms with E-state index >= 15 is 0 Å². The van der Waals surface area contributed by atoms with Gasteiger partial charge in [-0.15, -0.1) is 10.2 Å². The van der Waals surface area contributed by atoms with Gasteiger partial charge in [0.2, 0.25) is 5.13 Å². The molecule has 0 saturated heterocycles. The third-order valence-electron chi connectivity index (χ3n) is 2.29. The SMILES string of the molecule is FC(F)(F)c1ccc2oc(Nc3nncs3)nc2c1. The molecule has 2 aromatic heterocycles. The predicted octanol–water partition coefficient (Wildman–Crippen LogP) is 3.44. The average Bonchev–Trinajstić information content (AvgIpc) is 2.95. The van der Waals surface area contributed by atoms with E-state index in [1.807, 2.05) is 0 Å². The van der Waals surface area contributed by atoms with Gasteiger partial charge in [0.25, 0.3) is 0 Å². The number of rotatable bonds is 2. The van der Waals surface area contributed by atoms with Crippen LogP contribution in [-0.4, -0.2) is 15.2 Å². The first-order valence-electron chi connectivity index (χ1n) is 5.03. The van der Waals surface area contributed by atoms with Crippen LogP contribution >= 0.6 is 11.3 Å². The molecule has 3 aromatic rings. The molecule has 0 unspecified atom stereocenters. The molecule has 0 bridgehead atoms. The van der Waals surface area contributed by atoms with Crippen LogP contribution in [0.4, 0.5) is 24.3 Å². The van der Waals surface area contributed by atoms with Gasteiger partial charge < -0.3 is 4.42 Å². The lowest BCUT2D eigenvalue weighted by atomic mass is 10.2. The molecular formula is C10H5F3N4OS. The summed E-state index contributed by atoms with van der Waals surface area (Å²) in [5.41, 5.74) is 1.13. The summed E-state index contributed by atoms with van der Waals surface area (Å²) in [5.74, 6) is 0. The summed E-state index contributed by atoms with van der Waals surface area (Å²) < 4.78 is 42.9. The number of hydrogen-bond acceptors (Lipinski definition) is 6. The number of nitrogens with zero attached hydrogens (tertiary/aromatic N) is 3. The second-order valence-electron chi connectivity index (χ2n) is 3.57. The number of hydrogen-bond donors (Lipinski definition) is 1. The van der Waals surface area contributed by atoms with E-state index in [9.17, 15) is 13.2 Å². The standard InChI is InChI=1S/C10H5F3N4OS/c11-10(12,13)5-1-2-7-6(3-5)15-8(18-7)16-9-17-14-4-19-9/h1-4H,(H,15,16,17). The summed E-state index contributed by atoms with van der Waals surface area (Å²) in [6.07, 6.45) is -4.40. The Morgan fingerprint density at radius 2 is 2.11 bits per heavy atom. The molecule has 19 heavy (non-hydrogen) atoms. The van der Waals surface area contributed by atoms with Crippen molar-refractivity contribution in [2.75, 3.05) is 5.32 Å². The molecule has 0 spiro atoms. The third-order valence-corrected chi connectivity index (χ3v) is 2.90. The summed E-state index contributed by atoms with van der Waals surface area (Å²) in [6, 6.07) is 3.19. The summed E-state index contributed by atoms with van der Waals surface area (Å²) >= 11 is 1.22. The Kier molecular flexibility index (Phi) is 2.63. The fourth-order valence-electron chi connectivity index (χ4n) is 1.48. The molecule has 0 aliphatic rings. The quantitative estimate of drug-likeness (QED) is 0.781. The normalized spacial score (nSPS) is 11.9. The number of anilines is 2. The number of halogens is 3. The highest BCUT2D eigenvalue weighted by Gasteiger charge is 2.31. The van der Waals surface area contributed by atoms with Crippen LogP contribution in [0.5, 0.6) is 0 Å². The van der Waals surface area contributed by atoms with Crippen molar-refractivity contribution in [2.45, 2.75) is 6.18 Å². The van der Waals surface area contributed by atoms with Crippen molar-refractivity contribution < 1.29 is 17.6 Å². The van der Waals surface area contributed by atoms with Crippen molar-refractivity contribution in [1.82, 2.24) is 15.2 Å². The minimum absolute atomic E-state index is 0.0751. The van der Waals surface area contributed by atoms with Gasteiger partial charge in [-0.1, -0.05) is 11.3 Å². The van der Waals surface area contributed by atoms with Gasteiger partial charge in [-0.2, -0.15) is 18.2 Å². The smallest absolute Gasteiger partial charge is 0.416 e. The number of fused-ring (bicyclic) bond motifs is 1. The number of aromatic nitrogens is 3. The molecule has 98 valence electrons. The van der Waals surface area contributed by atoms with Gasteiger partial charge in [-0.3, -0.25) is 5.32 Å². The van der Waals surface area contributed by atoms with Gasteiger partial charge in [-0.05, 0) is 18.2 Å². The van der Waals surface area contributed by atoms with Crippen LogP contribution in [0.15, 0.2) is 28.1 Å². The van der Waals surface area contributed by atoms with Gasteiger partial charge in [0, 0.05) is 0 Å². The molecule has 0 aliphatic heterocycles. The molecule has 2 heterocycles. The maximum Gasteiger partial charge on any atom is 0.416 e. The highest BCUT2D eigenvalue weighted by atomic mass is 32.1. The highest BCUT2D eigenvalue weighted by Crippen LogP contribution is 2.32. The average molecular weight is 286 g/mol. The Labute approximate surface area is 108 Å². The summed E-state index contributed by atoms with van der Waals surface area (Å²) in [7, 11) is 0. The second-order valence-corrected chi connectivity index (χ2v) is 4.40. The first kappa shape index (κ1) is 11.9. The van der Waals surface area contributed by atoms with Crippen molar-refractivity contribution in [1.29, 1.82) is 0 Å². The first-order valence-corrected chi connectivity index (χ1v) is 5.91. The molecule has 0 aliphatic carbocycles. The highest BCUT2D eigenvalue weighted by molar-refractivity contribution is 7.13. The predicted molar refractivity (Wildman–Crippen MR) is 62.2 cm³/mol. The molecule has 1 aromatic carbocycles. The minimum Gasteiger partial charge on any atom is -0.423 e. The zero-order chi connectivity index (χ0) is 13.5. The van der Waals surface area contributed by atoms with Gasteiger partial charge in [0.05, 0.1) is 5.56 Å². The van der Waals surface area contributed by atoms with Crippen LogP contribution in [0.25, 0.3) is 11.1 Å². The van der Waals surface area contributed by atoms with Gasteiger partial charge in [-0.25, -0.2) is 0 Å². The van der Waals surface area contributed by atoms with E-state index in [0.717, 1.165) is 12.1 Å². The summed E-state index contributed by atoms with van der Waals surface area (Å²) in [5, 5.41) is 10.5. The first-order chi connectivity index (χ1) is 9.02. The monoisotopic (exact) mass is 286 g/mol. The van der Waals surface area contributed by atoms with Crippen LogP contribution in [0.2, 0.25) is 0 Å². The largest absolute Gasteiger partial charge is 0.423 e. The lowest BCUT2D eigenvalue weighted by Gasteiger charge is -2.04. The van der Waals surface area contributed by atoms with E-state index in [-0.39, 0.29) is 17.1 Å². The topological polar surface area (TPSA) is 63.8 Å². The number of nitrogens with one attached hydrogen (secondary N) is 1. The lowest BCUT2D eigenvalue weighted by molar-refractivity contribution is -0.137. The Balaban J connectivity index is 1.97. The van der Waals surface area contributed by atoms with Crippen LogP contribution in [0.3, 0.4) is 0 Å². The maximum atomic E-state index is 12.5. The number of benzene rings is 1. The van der Waals surface area contributed by atoms with Crippen molar-refractivity contribution in [3.63, 3.8) is 0 Å². The zero-order valence-electron chi connectivity index (χ0n) is 9.10. The van der Waals surface area contributed by atoms with E-state index in [0.29, 0.717) is 5.13 Å². The maximum absolute atomic E-state index is 12.5. The molecule has 3 rings (SSSR count). The molecule has 0 amide bonds. The molecule has 5 nitrogen and oxygen atoms in total. The van der Waals surface area contributed by atoms with Crippen molar-refractivity contribution in [3.05, 3.63) is 29.3 Å². The lowest BCUT2D eigenvalue weighted by Crippen LogP contribution is -2.03. The van der Waals surface area contributed by atoms with Crippen LogP contribution in [-0.2, 0) is 6.18 Å². The van der Waals surface area contributed by atoms with Crippen LogP contribution in [0, 0.1) is 0 Å². The van der Waals surface area contributed by atoms with Gasteiger partial charge in [0.15, 0.2) is 5.58 Å². The Morgan fingerprint density at radius 3 is 2.79 bits per heavy atom. The van der Waals surface area contributed by atoms with Crippen molar-refractivity contribution in [2.24, 2.45) is 0 Å². The molecule has 9 heteroatoms. The fraction of sp³-hybridized carbons (Fsp3) is 0.100. The van der Waals surface area contributed by atoms with E-state index in [1.54, 1.807) is 0 Å². The van der Waals surface area contributed by atoms with E-state index in [2.05, 4.69) is 20.5 Å². The Hall–Kier alpha value is -2.16. The molecule has 0 saturated carbocycles. The molecular weight excluding hydrogens is 281 g/mol. The van der Waals surface area contributed by atoms with Gasteiger partial charge in [0.1, 0.15) is 11.0 Å². The molecule has 1 N–H and O–H groups in total. The van der Waals surface area contributed by atoms with E-state index in [1.165, 1.54) is 22.9 Å². The van der Waals surface area contributed by atoms with Crippen LogP contribution in [0.1, 0.15) is 5.56 Å². The fourth-order valence-corrected chi connectivity index (χ4v) is 1.91. The van der Waals surface area contributed by atoms with Crippen LogP contribution < -0.4 is 5.32 Å².